The number of aryl methyl sites for hydroxylation is 1. The van der Waals surface area contributed by atoms with Gasteiger partial charge in [0, 0.05) is 33.8 Å². The predicted octanol–water partition coefficient (Wildman–Crippen LogP) is 7.54. The first-order chi connectivity index (χ1) is 16.8. The number of hydrogen-bond donors (Lipinski definition) is 1. The Morgan fingerprint density at radius 2 is 1.57 bits per heavy atom. The first-order valence-corrected chi connectivity index (χ1v) is 12.7. The third kappa shape index (κ3) is 4.38. The Bertz CT molecular complexity index is 1300. The Morgan fingerprint density at radius 3 is 2.26 bits per heavy atom. The minimum absolute atomic E-state index is 0.0626. The van der Waals surface area contributed by atoms with Crippen molar-refractivity contribution in [1.82, 2.24) is 4.98 Å². The van der Waals surface area contributed by atoms with Crippen LogP contribution in [-0.4, -0.2) is 22.8 Å². The van der Waals surface area contributed by atoms with E-state index < -0.39 is 0 Å². The van der Waals surface area contributed by atoms with Crippen LogP contribution in [0.5, 0.6) is 0 Å². The maximum Gasteiger partial charge on any atom is 0.340 e. The highest BCUT2D eigenvalue weighted by molar-refractivity contribution is 6.12. The van der Waals surface area contributed by atoms with Gasteiger partial charge in [-0.15, -0.1) is 0 Å². The Balaban J connectivity index is 1.58. The summed E-state index contributed by atoms with van der Waals surface area (Å²) in [6.45, 7) is 10.7. The Kier molecular flexibility index (Phi) is 6.22. The largest absolute Gasteiger partial charge is 0.458 e. The Morgan fingerprint density at radius 1 is 0.943 bits per heavy atom. The van der Waals surface area contributed by atoms with Crippen molar-refractivity contribution in [3.8, 4) is 11.1 Å². The molecule has 1 aromatic heterocycles. The molecular weight excluding hydrogens is 432 g/mol. The summed E-state index contributed by atoms with van der Waals surface area (Å²) in [5, 5.41) is 0. The van der Waals surface area contributed by atoms with E-state index in [9.17, 15) is 4.79 Å². The molecule has 5 rings (SSSR count). The van der Waals surface area contributed by atoms with E-state index >= 15 is 0 Å². The van der Waals surface area contributed by atoms with Crippen LogP contribution < -0.4 is 0 Å². The van der Waals surface area contributed by atoms with Crippen LogP contribution in [0.4, 0.5) is 0 Å². The molecule has 3 aromatic rings. The quantitative estimate of drug-likeness (QED) is 0.404. The molecule has 4 nitrogen and oxygen atoms in total. The normalized spacial score (nSPS) is 24.8. The number of fused-ring (bicyclic) bond motifs is 1. The second-order valence-electron chi connectivity index (χ2n) is 10.5. The molecule has 180 valence electrons. The van der Waals surface area contributed by atoms with Crippen molar-refractivity contribution in [2.45, 2.75) is 53.6 Å². The number of nitrogens with zero attached hydrogens (tertiary/aromatic N) is 1. The Labute approximate surface area is 208 Å². The van der Waals surface area contributed by atoms with Crippen LogP contribution in [0.1, 0.15) is 73.4 Å². The minimum atomic E-state index is -0.244. The fourth-order valence-corrected chi connectivity index (χ4v) is 6.10. The molecular formula is C31H34N2O2. The fourth-order valence-electron chi connectivity index (χ4n) is 6.10. The maximum atomic E-state index is 13.7. The lowest BCUT2D eigenvalue weighted by atomic mass is 9.75. The van der Waals surface area contributed by atoms with Crippen LogP contribution in [0.25, 0.3) is 22.9 Å². The molecule has 0 bridgehead atoms. The summed E-state index contributed by atoms with van der Waals surface area (Å²) in [5.41, 5.74) is 8.35. The monoisotopic (exact) mass is 466 g/mol. The lowest BCUT2D eigenvalue weighted by Crippen LogP contribution is -2.37. The summed E-state index contributed by atoms with van der Waals surface area (Å²) in [7, 11) is 0. The van der Waals surface area contributed by atoms with Crippen molar-refractivity contribution in [3.05, 3.63) is 82.7 Å². The first-order valence-electron chi connectivity index (χ1n) is 12.7. The van der Waals surface area contributed by atoms with Crippen LogP contribution in [-0.2, 0) is 4.74 Å². The molecule has 0 saturated heterocycles. The van der Waals surface area contributed by atoms with E-state index in [2.05, 4.69) is 44.0 Å². The Hall–Kier alpha value is -3.40. The molecule has 1 aliphatic carbocycles. The van der Waals surface area contributed by atoms with Crippen LogP contribution in [0.3, 0.4) is 0 Å². The first kappa shape index (κ1) is 23.3. The summed E-state index contributed by atoms with van der Waals surface area (Å²) >= 11 is 0. The number of aliphatic imine (C=N–C) groups is 1. The highest BCUT2D eigenvalue weighted by Crippen LogP contribution is 2.39. The highest BCUT2D eigenvalue weighted by atomic mass is 16.5. The summed E-state index contributed by atoms with van der Waals surface area (Å²) in [6, 6.07) is 18.4. The molecule has 1 saturated carbocycles. The van der Waals surface area contributed by atoms with Crippen molar-refractivity contribution >= 4 is 23.5 Å². The predicted molar refractivity (Wildman–Crippen MR) is 143 cm³/mol. The van der Waals surface area contributed by atoms with Gasteiger partial charge in [0.15, 0.2) is 0 Å². The number of aromatic amines is 1. The molecule has 2 atom stereocenters. The number of rotatable bonds is 4. The molecule has 0 radical (unpaired) electrons. The number of carbonyl (C=O) groups is 1. The topological polar surface area (TPSA) is 54.5 Å². The van der Waals surface area contributed by atoms with Gasteiger partial charge in [0.1, 0.15) is 6.10 Å². The van der Waals surface area contributed by atoms with Gasteiger partial charge in [0.2, 0.25) is 0 Å². The van der Waals surface area contributed by atoms with Crippen LogP contribution in [0, 0.1) is 24.7 Å². The number of nitrogens with one attached hydrogen (secondary N) is 1. The SMILES string of the molecule is CC1=N/C(=C\c2[nH]c(C)c(C(=O)OC3C(C)CC(C)CC3C)c2-c2ccccc2)c2ccccc21. The highest BCUT2D eigenvalue weighted by Gasteiger charge is 2.35. The van der Waals surface area contributed by atoms with Gasteiger partial charge in [-0.1, -0.05) is 75.4 Å². The maximum absolute atomic E-state index is 13.7. The average Bonchev–Trinajstić information content (AvgIpc) is 3.33. The van der Waals surface area contributed by atoms with E-state index in [1.54, 1.807) is 0 Å². The molecule has 35 heavy (non-hydrogen) atoms. The zero-order valence-corrected chi connectivity index (χ0v) is 21.3. The number of benzene rings is 2. The molecule has 1 N–H and O–H groups in total. The summed E-state index contributed by atoms with van der Waals surface area (Å²) in [6.07, 6.45) is 4.18. The third-order valence-electron chi connectivity index (χ3n) is 7.56. The van der Waals surface area contributed by atoms with Crippen LogP contribution in [0.2, 0.25) is 0 Å². The molecule has 2 unspecified atom stereocenters. The second-order valence-corrected chi connectivity index (χ2v) is 10.5. The summed E-state index contributed by atoms with van der Waals surface area (Å²) < 4.78 is 6.24. The van der Waals surface area contributed by atoms with Crippen molar-refractivity contribution in [3.63, 3.8) is 0 Å². The molecule has 2 heterocycles. The van der Waals surface area contributed by atoms with Gasteiger partial charge in [0.25, 0.3) is 0 Å². The third-order valence-corrected chi connectivity index (χ3v) is 7.56. The minimum Gasteiger partial charge on any atom is -0.458 e. The number of carbonyl (C=O) groups excluding carboxylic acids is 1. The molecule has 0 amide bonds. The summed E-state index contributed by atoms with van der Waals surface area (Å²) in [4.78, 5) is 22.0. The van der Waals surface area contributed by atoms with E-state index in [0.29, 0.717) is 23.3 Å². The zero-order chi connectivity index (χ0) is 24.7. The zero-order valence-electron chi connectivity index (χ0n) is 21.3. The molecule has 1 aliphatic heterocycles. The lowest BCUT2D eigenvalue weighted by Gasteiger charge is -2.37. The number of hydrogen-bond acceptors (Lipinski definition) is 3. The number of esters is 1. The fraction of sp³-hybridized carbons (Fsp3) is 0.355. The van der Waals surface area contributed by atoms with Crippen LogP contribution in [0.15, 0.2) is 59.6 Å². The van der Waals surface area contributed by atoms with E-state index in [1.807, 2.05) is 56.3 Å². The lowest BCUT2D eigenvalue weighted by molar-refractivity contribution is -0.0252. The smallest absolute Gasteiger partial charge is 0.340 e. The van der Waals surface area contributed by atoms with E-state index in [-0.39, 0.29) is 12.1 Å². The second kappa shape index (κ2) is 9.33. The number of aromatic nitrogens is 1. The van der Waals surface area contributed by atoms with Gasteiger partial charge in [0.05, 0.1) is 11.3 Å². The van der Waals surface area contributed by atoms with E-state index in [0.717, 1.165) is 57.9 Å². The van der Waals surface area contributed by atoms with Crippen LogP contribution >= 0.6 is 0 Å². The van der Waals surface area contributed by atoms with E-state index in [4.69, 9.17) is 9.73 Å². The van der Waals surface area contributed by atoms with Crippen molar-refractivity contribution in [2.75, 3.05) is 0 Å². The van der Waals surface area contributed by atoms with Crippen molar-refractivity contribution in [2.24, 2.45) is 22.7 Å². The molecule has 2 aliphatic rings. The standard InChI is InChI=1S/C31H34N2O2/c1-18-15-19(2)30(20(3)16-18)35-31(34)28-22(5)33-27(29(28)23-11-7-6-8-12-23)17-26-25-14-10-9-13-24(25)21(4)32-26/h6-14,17-20,30,33H,15-16H2,1-5H3/b26-17-. The number of ether oxygens (including phenoxy) is 1. The van der Waals surface area contributed by atoms with Gasteiger partial charge in [-0.2, -0.15) is 0 Å². The van der Waals surface area contributed by atoms with Gasteiger partial charge in [-0.05, 0) is 56.1 Å². The van der Waals surface area contributed by atoms with Gasteiger partial charge >= 0.3 is 5.97 Å². The van der Waals surface area contributed by atoms with Gasteiger partial charge in [-0.3, -0.25) is 4.99 Å². The van der Waals surface area contributed by atoms with Gasteiger partial charge in [-0.25, -0.2) is 4.79 Å². The van der Waals surface area contributed by atoms with E-state index in [1.165, 1.54) is 0 Å². The molecule has 1 fully saturated rings. The molecule has 0 spiro atoms. The number of H-pyrrole nitrogens is 1. The van der Waals surface area contributed by atoms with Gasteiger partial charge < -0.3 is 9.72 Å². The van der Waals surface area contributed by atoms with Crippen molar-refractivity contribution < 1.29 is 9.53 Å². The molecule has 4 heteroatoms. The molecule has 2 aromatic carbocycles. The summed E-state index contributed by atoms with van der Waals surface area (Å²) in [5.74, 6) is 1.13. The van der Waals surface area contributed by atoms with Crippen molar-refractivity contribution in [1.29, 1.82) is 0 Å². The average molecular weight is 467 g/mol.